The van der Waals surface area contributed by atoms with E-state index in [4.69, 9.17) is 10.2 Å². The Hall–Kier alpha value is -1.06. The topological polar surface area (TPSA) is 85.3 Å². The lowest BCUT2D eigenvalue weighted by Gasteiger charge is -2.07. The van der Waals surface area contributed by atoms with Crippen LogP contribution in [0.1, 0.15) is 5.76 Å². The van der Waals surface area contributed by atoms with E-state index in [1.165, 1.54) is 10.8 Å². The first-order valence-electron chi connectivity index (χ1n) is 4.10. The van der Waals surface area contributed by atoms with Crippen molar-refractivity contribution >= 4 is 10.0 Å². The highest BCUT2D eigenvalue weighted by molar-refractivity contribution is 7.89. The minimum absolute atomic E-state index is 0.0329. The van der Waals surface area contributed by atoms with Crippen molar-refractivity contribution in [2.24, 2.45) is 5.73 Å². The summed E-state index contributed by atoms with van der Waals surface area (Å²) < 4.78 is 64.0. The van der Waals surface area contributed by atoms with E-state index >= 15 is 0 Å². The molecule has 5 nitrogen and oxygen atoms in total. The fraction of sp³-hybridized carbons (Fsp3) is 0.429. The zero-order chi connectivity index (χ0) is 12.4. The Kier molecular flexibility index (Phi) is 3.61. The molecule has 1 aromatic rings. The van der Waals surface area contributed by atoms with Gasteiger partial charge in [-0.05, 0) is 12.1 Å². The second-order valence-corrected chi connectivity index (χ2v) is 4.56. The summed E-state index contributed by atoms with van der Waals surface area (Å²) >= 11 is 0. The third-order valence-electron chi connectivity index (χ3n) is 1.57. The monoisotopic (exact) mass is 258 g/mol. The lowest BCUT2D eigenvalue weighted by molar-refractivity contribution is -0.121. The molecule has 0 saturated carbocycles. The third kappa shape index (κ3) is 3.51. The lowest BCUT2D eigenvalue weighted by atomic mass is 10.5. The fourth-order valence-electron chi connectivity index (χ4n) is 0.860. The van der Waals surface area contributed by atoms with Gasteiger partial charge >= 0.3 is 6.18 Å². The normalized spacial score (nSPS) is 13.0. The molecule has 1 heterocycles. The summed E-state index contributed by atoms with van der Waals surface area (Å²) in [5, 5.41) is -0.586. The van der Waals surface area contributed by atoms with Crippen LogP contribution < -0.4 is 10.5 Å². The summed E-state index contributed by atoms with van der Waals surface area (Å²) in [6.07, 6.45) is -4.61. The van der Waals surface area contributed by atoms with E-state index in [0.29, 0.717) is 0 Å². The van der Waals surface area contributed by atoms with Crippen LogP contribution in [0, 0.1) is 0 Å². The highest BCUT2D eigenvalue weighted by Gasteiger charge is 2.31. The third-order valence-corrected chi connectivity index (χ3v) is 2.84. The number of rotatable bonds is 4. The average molecular weight is 258 g/mol. The number of nitrogens with one attached hydrogen (secondary N) is 1. The predicted octanol–water partition coefficient (Wildman–Crippen LogP) is 0.579. The van der Waals surface area contributed by atoms with Crippen LogP contribution in [0.4, 0.5) is 13.2 Å². The molecule has 0 atom stereocenters. The van der Waals surface area contributed by atoms with Gasteiger partial charge in [0.25, 0.3) is 10.0 Å². The van der Waals surface area contributed by atoms with E-state index in [2.05, 4.69) is 0 Å². The van der Waals surface area contributed by atoms with Gasteiger partial charge in [0.1, 0.15) is 12.3 Å². The molecule has 92 valence electrons. The van der Waals surface area contributed by atoms with E-state index in [-0.39, 0.29) is 12.3 Å². The van der Waals surface area contributed by atoms with Crippen molar-refractivity contribution in [2.75, 3.05) is 6.54 Å². The number of halogens is 3. The molecule has 0 amide bonds. The predicted molar refractivity (Wildman–Crippen MR) is 47.8 cm³/mol. The van der Waals surface area contributed by atoms with Gasteiger partial charge < -0.3 is 10.2 Å². The van der Waals surface area contributed by atoms with Crippen LogP contribution >= 0.6 is 0 Å². The average Bonchev–Trinajstić information content (AvgIpc) is 2.62. The molecule has 3 N–H and O–H groups in total. The van der Waals surface area contributed by atoms with Crippen LogP contribution in [0.25, 0.3) is 0 Å². The van der Waals surface area contributed by atoms with Crippen molar-refractivity contribution in [1.82, 2.24) is 4.72 Å². The summed E-state index contributed by atoms with van der Waals surface area (Å²) in [5.41, 5.74) is 5.16. The minimum atomic E-state index is -4.61. The zero-order valence-electron chi connectivity index (χ0n) is 7.91. The molecule has 0 aliphatic rings. The summed E-state index contributed by atoms with van der Waals surface area (Å²) in [4.78, 5) is 0. The fourth-order valence-corrected chi connectivity index (χ4v) is 1.82. The first-order chi connectivity index (χ1) is 7.24. The Morgan fingerprint density at radius 2 is 2.00 bits per heavy atom. The molecule has 0 saturated heterocycles. The number of furan rings is 1. The van der Waals surface area contributed by atoms with Crippen molar-refractivity contribution in [3.05, 3.63) is 17.9 Å². The summed E-state index contributed by atoms with van der Waals surface area (Å²) in [6, 6.07) is 2.32. The standard InChI is InChI=1S/C7H9F3N2O3S/c8-7(9,10)4-12-16(13,14)6-2-1-5(3-11)15-6/h1-2,12H,3-4,11H2. The van der Waals surface area contributed by atoms with Crippen molar-refractivity contribution in [1.29, 1.82) is 0 Å². The Morgan fingerprint density at radius 1 is 1.38 bits per heavy atom. The highest BCUT2D eigenvalue weighted by atomic mass is 32.2. The maximum atomic E-state index is 11.8. The van der Waals surface area contributed by atoms with E-state index in [1.807, 2.05) is 0 Å². The van der Waals surface area contributed by atoms with Crippen LogP contribution in [0.3, 0.4) is 0 Å². The van der Waals surface area contributed by atoms with Gasteiger partial charge in [0.15, 0.2) is 0 Å². The molecule has 0 fully saturated rings. The molecule has 0 aliphatic heterocycles. The Bertz CT molecular complexity index is 452. The van der Waals surface area contributed by atoms with Crippen LogP contribution in [0.5, 0.6) is 0 Å². The van der Waals surface area contributed by atoms with Gasteiger partial charge in [-0.15, -0.1) is 0 Å². The first-order valence-corrected chi connectivity index (χ1v) is 5.58. The number of hydrogen-bond donors (Lipinski definition) is 2. The number of nitrogens with two attached hydrogens (primary N) is 1. The summed E-state index contributed by atoms with van der Waals surface area (Å²) in [7, 11) is -4.27. The van der Waals surface area contributed by atoms with Gasteiger partial charge in [0.2, 0.25) is 5.09 Å². The SMILES string of the molecule is NCc1ccc(S(=O)(=O)NCC(F)(F)F)o1. The molecular weight excluding hydrogens is 249 g/mol. The van der Waals surface area contributed by atoms with Gasteiger partial charge in [-0.1, -0.05) is 0 Å². The molecular formula is C7H9F3N2O3S. The van der Waals surface area contributed by atoms with Crippen LogP contribution in [-0.4, -0.2) is 21.1 Å². The minimum Gasteiger partial charge on any atom is -0.447 e. The van der Waals surface area contributed by atoms with Crippen molar-refractivity contribution in [3.8, 4) is 0 Å². The molecule has 1 aromatic heterocycles. The molecule has 16 heavy (non-hydrogen) atoms. The molecule has 0 spiro atoms. The maximum absolute atomic E-state index is 11.8. The summed E-state index contributed by atoms with van der Waals surface area (Å²) in [5.74, 6) is 0.174. The Labute approximate surface area is 89.5 Å². The largest absolute Gasteiger partial charge is 0.447 e. The van der Waals surface area contributed by atoms with Gasteiger partial charge in [0.05, 0.1) is 6.54 Å². The second kappa shape index (κ2) is 4.44. The van der Waals surface area contributed by atoms with E-state index in [0.717, 1.165) is 6.07 Å². The molecule has 0 unspecified atom stereocenters. The maximum Gasteiger partial charge on any atom is 0.402 e. The Morgan fingerprint density at radius 3 is 2.44 bits per heavy atom. The van der Waals surface area contributed by atoms with Gasteiger partial charge in [-0.2, -0.15) is 17.9 Å². The first kappa shape index (κ1) is 13.0. The van der Waals surface area contributed by atoms with Crippen molar-refractivity contribution in [3.63, 3.8) is 0 Å². The van der Waals surface area contributed by atoms with Gasteiger partial charge in [-0.3, -0.25) is 0 Å². The molecule has 0 bridgehead atoms. The van der Waals surface area contributed by atoms with Gasteiger partial charge in [0, 0.05) is 0 Å². The van der Waals surface area contributed by atoms with Crippen molar-refractivity contribution in [2.45, 2.75) is 17.8 Å². The number of alkyl halides is 3. The lowest BCUT2D eigenvalue weighted by Crippen LogP contribution is -2.33. The summed E-state index contributed by atoms with van der Waals surface area (Å²) in [6.45, 7) is -1.68. The molecule has 0 aromatic carbocycles. The molecule has 0 aliphatic carbocycles. The highest BCUT2D eigenvalue weighted by Crippen LogP contribution is 2.16. The quantitative estimate of drug-likeness (QED) is 0.827. The number of sulfonamides is 1. The van der Waals surface area contributed by atoms with E-state index < -0.39 is 27.8 Å². The van der Waals surface area contributed by atoms with Gasteiger partial charge in [-0.25, -0.2) is 8.42 Å². The molecule has 0 radical (unpaired) electrons. The number of hydrogen-bond acceptors (Lipinski definition) is 4. The van der Waals surface area contributed by atoms with Crippen LogP contribution in [0.2, 0.25) is 0 Å². The Balaban J connectivity index is 2.78. The van der Waals surface area contributed by atoms with Crippen LogP contribution in [0.15, 0.2) is 21.6 Å². The van der Waals surface area contributed by atoms with Crippen LogP contribution in [-0.2, 0) is 16.6 Å². The van der Waals surface area contributed by atoms with E-state index in [9.17, 15) is 21.6 Å². The molecule has 1 rings (SSSR count). The van der Waals surface area contributed by atoms with E-state index in [1.54, 1.807) is 0 Å². The smallest absolute Gasteiger partial charge is 0.402 e. The van der Waals surface area contributed by atoms with Crippen molar-refractivity contribution < 1.29 is 26.0 Å². The molecule has 9 heteroatoms. The zero-order valence-corrected chi connectivity index (χ0v) is 8.73. The second-order valence-electron chi connectivity index (χ2n) is 2.86.